The Hall–Kier alpha value is -2.61. The van der Waals surface area contributed by atoms with Crippen LogP contribution < -0.4 is 20.1 Å². The van der Waals surface area contributed by atoms with Crippen LogP contribution in [-0.2, 0) is 6.42 Å². The van der Waals surface area contributed by atoms with Crippen LogP contribution in [0.1, 0.15) is 5.56 Å². The van der Waals surface area contributed by atoms with Crippen LogP contribution in [-0.4, -0.2) is 68.0 Å². The Balaban J connectivity index is 1.85. The second-order valence-electron chi connectivity index (χ2n) is 5.76. The van der Waals surface area contributed by atoms with E-state index in [1.54, 1.807) is 20.4 Å². The van der Waals surface area contributed by atoms with Crippen molar-refractivity contribution >= 4 is 11.8 Å². The zero-order chi connectivity index (χ0) is 18.1. The van der Waals surface area contributed by atoms with E-state index in [4.69, 9.17) is 9.47 Å². The fraction of sp³-hybridized carbons (Fsp3) is 0.471. The van der Waals surface area contributed by atoms with Gasteiger partial charge in [-0.15, -0.1) is 5.10 Å². The molecule has 0 amide bonds. The van der Waals surface area contributed by atoms with Crippen molar-refractivity contribution in [2.45, 2.75) is 6.42 Å². The molecule has 0 radical (unpaired) electrons. The maximum atomic E-state index is 5.32. The molecule has 1 heterocycles. The zero-order valence-corrected chi connectivity index (χ0v) is 15.2. The zero-order valence-electron chi connectivity index (χ0n) is 15.2. The van der Waals surface area contributed by atoms with Gasteiger partial charge < -0.3 is 25.0 Å². The molecule has 8 heteroatoms. The largest absolute Gasteiger partial charge is 0.493 e. The molecule has 8 nitrogen and oxygen atoms in total. The Morgan fingerprint density at radius 3 is 2.56 bits per heavy atom. The third kappa shape index (κ3) is 6.07. The number of anilines is 2. The van der Waals surface area contributed by atoms with Crippen molar-refractivity contribution in [2.75, 3.05) is 58.6 Å². The monoisotopic (exact) mass is 346 g/mol. The van der Waals surface area contributed by atoms with Gasteiger partial charge in [0.1, 0.15) is 0 Å². The molecule has 0 saturated heterocycles. The summed E-state index contributed by atoms with van der Waals surface area (Å²) in [5, 5.41) is 14.4. The number of aromatic nitrogens is 3. The number of ether oxygens (including phenoxy) is 2. The Kier molecular flexibility index (Phi) is 7.21. The molecule has 0 spiro atoms. The number of nitrogens with one attached hydrogen (secondary N) is 2. The molecule has 2 rings (SSSR count). The lowest BCUT2D eigenvalue weighted by Crippen LogP contribution is -2.21. The van der Waals surface area contributed by atoms with Gasteiger partial charge in [0.25, 0.3) is 0 Å². The molecule has 0 aliphatic carbocycles. The van der Waals surface area contributed by atoms with Crippen LogP contribution in [0, 0.1) is 0 Å². The average Bonchev–Trinajstić information content (AvgIpc) is 2.61. The lowest BCUT2D eigenvalue weighted by molar-refractivity contribution is 0.354. The topological polar surface area (TPSA) is 84.4 Å². The van der Waals surface area contributed by atoms with E-state index in [1.807, 2.05) is 32.3 Å². The molecule has 0 aliphatic heterocycles. The van der Waals surface area contributed by atoms with Gasteiger partial charge in [-0.25, -0.2) is 0 Å². The summed E-state index contributed by atoms with van der Waals surface area (Å²) in [5.74, 6) is 2.68. The van der Waals surface area contributed by atoms with Gasteiger partial charge in [-0.2, -0.15) is 10.1 Å². The molecule has 0 unspecified atom stereocenters. The minimum absolute atomic E-state index is 0.510. The van der Waals surface area contributed by atoms with Crippen LogP contribution in [0.25, 0.3) is 0 Å². The van der Waals surface area contributed by atoms with Crippen LogP contribution in [0.15, 0.2) is 24.4 Å². The maximum absolute atomic E-state index is 5.32. The van der Waals surface area contributed by atoms with Gasteiger partial charge in [-0.3, -0.25) is 0 Å². The molecular formula is C17H26N6O2. The van der Waals surface area contributed by atoms with E-state index in [-0.39, 0.29) is 0 Å². The van der Waals surface area contributed by atoms with Gasteiger partial charge in [0, 0.05) is 19.6 Å². The van der Waals surface area contributed by atoms with Crippen LogP contribution >= 0.6 is 0 Å². The number of rotatable bonds is 10. The first-order valence-corrected chi connectivity index (χ1v) is 8.15. The van der Waals surface area contributed by atoms with Crippen molar-refractivity contribution in [2.24, 2.45) is 0 Å². The molecule has 2 N–H and O–H groups in total. The van der Waals surface area contributed by atoms with E-state index in [9.17, 15) is 0 Å². The Morgan fingerprint density at radius 1 is 1.04 bits per heavy atom. The predicted molar refractivity (Wildman–Crippen MR) is 98.6 cm³/mol. The summed E-state index contributed by atoms with van der Waals surface area (Å²) < 4.78 is 10.6. The van der Waals surface area contributed by atoms with Gasteiger partial charge in [-0.05, 0) is 38.2 Å². The van der Waals surface area contributed by atoms with Crippen LogP contribution in [0.4, 0.5) is 11.8 Å². The lowest BCUT2D eigenvalue weighted by Gasteiger charge is -2.11. The van der Waals surface area contributed by atoms with E-state index < -0.39 is 0 Å². The van der Waals surface area contributed by atoms with Gasteiger partial charge >= 0.3 is 0 Å². The van der Waals surface area contributed by atoms with Gasteiger partial charge in [0.15, 0.2) is 17.3 Å². The summed E-state index contributed by atoms with van der Waals surface area (Å²) in [6.45, 7) is 2.42. The minimum Gasteiger partial charge on any atom is -0.493 e. The number of likely N-dealkylation sites (N-methyl/N-ethyl adjacent to an activating group) is 1. The molecule has 0 bridgehead atoms. The van der Waals surface area contributed by atoms with Crippen molar-refractivity contribution in [3.63, 3.8) is 0 Å². The quantitative estimate of drug-likeness (QED) is 0.670. The van der Waals surface area contributed by atoms with E-state index in [0.29, 0.717) is 18.3 Å². The van der Waals surface area contributed by atoms with Gasteiger partial charge in [-0.1, -0.05) is 6.07 Å². The second kappa shape index (κ2) is 9.63. The number of hydrogen-bond acceptors (Lipinski definition) is 8. The van der Waals surface area contributed by atoms with Crippen molar-refractivity contribution in [3.05, 3.63) is 30.0 Å². The standard InChI is InChI=1S/C17H26N6O2/c1-23(2)10-9-18-16-12-20-22-17(21-16)19-8-7-13-5-6-14(24-3)15(11-13)25-4/h5-6,11-12H,7-10H2,1-4H3,(H2,18,19,21,22). The highest BCUT2D eigenvalue weighted by Crippen LogP contribution is 2.27. The van der Waals surface area contributed by atoms with E-state index in [0.717, 1.165) is 36.6 Å². The normalized spacial score (nSPS) is 10.6. The first kappa shape index (κ1) is 18.7. The highest BCUT2D eigenvalue weighted by atomic mass is 16.5. The van der Waals surface area contributed by atoms with Crippen LogP contribution in [0.5, 0.6) is 11.5 Å². The summed E-state index contributed by atoms with van der Waals surface area (Å²) >= 11 is 0. The Bertz CT molecular complexity index is 665. The summed E-state index contributed by atoms with van der Waals surface area (Å²) in [6, 6.07) is 5.89. The predicted octanol–water partition coefficient (Wildman–Crippen LogP) is 1.52. The molecule has 0 aliphatic rings. The van der Waals surface area contributed by atoms with Crippen molar-refractivity contribution < 1.29 is 9.47 Å². The molecule has 1 aromatic carbocycles. The molecule has 25 heavy (non-hydrogen) atoms. The number of benzene rings is 1. The summed E-state index contributed by atoms with van der Waals surface area (Å²) in [7, 11) is 7.32. The highest BCUT2D eigenvalue weighted by molar-refractivity contribution is 5.43. The molecule has 0 atom stereocenters. The highest BCUT2D eigenvalue weighted by Gasteiger charge is 2.05. The van der Waals surface area contributed by atoms with Crippen molar-refractivity contribution in [3.8, 4) is 11.5 Å². The van der Waals surface area contributed by atoms with Crippen molar-refractivity contribution in [1.29, 1.82) is 0 Å². The second-order valence-corrected chi connectivity index (χ2v) is 5.76. The summed E-state index contributed by atoms with van der Waals surface area (Å²) in [4.78, 5) is 6.50. The van der Waals surface area contributed by atoms with E-state index in [1.165, 1.54) is 0 Å². The Morgan fingerprint density at radius 2 is 1.84 bits per heavy atom. The maximum Gasteiger partial charge on any atom is 0.244 e. The van der Waals surface area contributed by atoms with E-state index >= 15 is 0 Å². The van der Waals surface area contributed by atoms with Crippen LogP contribution in [0.2, 0.25) is 0 Å². The number of methoxy groups -OCH3 is 2. The molecule has 136 valence electrons. The van der Waals surface area contributed by atoms with Crippen molar-refractivity contribution in [1.82, 2.24) is 20.1 Å². The number of hydrogen-bond donors (Lipinski definition) is 2. The molecule has 1 aromatic heterocycles. The summed E-state index contributed by atoms with van der Waals surface area (Å²) in [6.07, 6.45) is 2.43. The fourth-order valence-electron chi connectivity index (χ4n) is 2.23. The molecule has 2 aromatic rings. The minimum atomic E-state index is 0.510. The third-order valence-corrected chi connectivity index (χ3v) is 3.57. The Labute approximate surface area is 148 Å². The van der Waals surface area contributed by atoms with Gasteiger partial charge in [0.2, 0.25) is 5.95 Å². The molecular weight excluding hydrogens is 320 g/mol. The first-order chi connectivity index (χ1) is 12.1. The smallest absolute Gasteiger partial charge is 0.244 e. The van der Waals surface area contributed by atoms with Crippen LogP contribution in [0.3, 0.4) is 0 Å². The lowest BCUT2D eigenvalue weighted by atomic mass is 10.1. The molecule has 0 fully saturated rings. The van der Waals surface area contributed by atoms with E-state index in [2.05, 4.69) is 30.7 Å². The fourth-order valence-corrected chi connectivity index (χ4v) is 2.23. The summed E-state index contributed by atoms with van der Waals surface area (Å²) in [5.41, 5.74) is 1.14. The SMILES string of the molecule is COc1ccc(CCNc2nncc(NCCN(C)C)n2)cc1OC. The average molecular weight is 346 g/mol. The third-order valence-electron chi connectivity index (χ3n) is 3.57. The number of nitrogens with zero attached hydrogens (tertiary/aromatic N) is 4. The van der Waals surface area contributed by atoms with Gasteiger partial charge in [0.05, 0.1) is 20.4 Å². The first-order valence-electron chi connectivity index (χ1n) is 8.15. The molecule has 0 saturated carbocycles.